The quantitative estimate of drug-likeness (QED) is 0.858. The first kappa shape index (κ1) is 19.6. The lowest BCUT2D eigenvalue weighted by Gasteiger charge is -2.32. The van der Waals surface area contributed by atoms with Crippen molar-refractivity contribution < 1.29 is 24.2 Å². The zero-order valence-electron chi connectivity index (χ0n) is 15.4. The number of amides is 3. The van der Waals surface area contributed by atoms with E-state index in [-0.39, 0.29) is 24.9 Å². The molecule has 1 saturated heterocycles. The number of nitrogens with zero attached hydrogens (tertiary/aromatic N) is 2. The molecule has 7 heteroatoms. The molecular formula is C21H22N2O5. The number of ether oxygens (including phenoxy) is 1. The number of carboxylic acid groups (broad SMARTS) is 1. The Kier molecular flexibility index (Phi) is 6.39. The standard InChI is InChI=1S/C21H22N2O5/c24-19(25)14-16-6-8-17(9-7-16)15-23(20(26)18-4-2-1-3-5-18)21(27)22-10-12-28-13-11-22/h1-9H,10-15H2,(H,24,25). The summed E-state index contributed by atoms with van der Waals surface area (Å²) in [5.74, 6) is -1.28. The van der Waals surface area contributed by atoms with Gasteiger partial charge in [-0.1, -0.05) is 42.5 Å². The number of rotatable bonds is 5. The Labute approximate surface area is 163 Å². The maximum Gasteiger partial charge on any atom is 0.327 e. The summed E-state index contributed by atoms with van der Waals surface area (Å²) < 4.78 is 5.29. The van der Waals surface area contributed by atoms with Gasteiger partial charge in [0.25, 0.3) is 5.91 Å². The molecule has 0 saturated carbocycles. The third kappa shape index (κ3) is 4.95. The lowest BCUT2D eigenvalue weighted by molar-refractivity contribution is -0.136. The van der Waals surface area contributed by atoms with Gasteiger partial charge in [0.1, 0.15) is 0 Å². The smallest absolute Gasteiger partial charge is 0.327 e. The van der Waals surface area contributed by atoms with Crippen LogP contribution in [0.1, 0.15) is 21.5 Å². The summed E-state index contributed by atoms with van der Waals surface area (Å²) in [5.41, 5.74) is 1.85. The number of urea groups is 1. The highest BCUT2D eigenvalue weighted by molar-refractivity contribution is 6.04. The maximum absolute atomic E-state index is 13.0. The molecule has 3 rings (SSSR count). The van der Waals surface area contributed by atoms with E-state index < -0.39 is 5.97 Å². The van der Waals surface area contributed by atoms with E-state index >= 15 is 0 Å². The molecule has 1 aliphatic heterocycles. The lowest BCUT2D eigenvalue weighted by Crippen LogP contribution is -2.49. The number of hydrogen-bond donors (Lipinski definition) is 1. The molecule has 0 spiro atoms. The van der Waals surface area contributed by atoms with E-state index in [9.17, 15) is 14.4 Å². The summed E-state index contributed by atoms with van der Waals surface area (Å²) in [7, 11) is 0. The fourth-order valence-electron chi connectivity index (χ4n) is 3.01. The maximum atomic E-state index is 13.0. The van der Waals surface area contributed by atoms with Crippen molar-refractivity contribution in [3.05, 3.63) is 71.3 Å². The van der Waals surface area contributed by atoms with E-state index in [0.717, 1.165) is 5.56 Å². The second-order valence-electron chi connectivity index (χ2n) is 6.53. The molecule has 0 unspecified atom stereocenters. The summed E-state index contributed by atoms with van der Waals surface area (Å²) in [6.45, 7) is 1.88. The van der Waals surface area contributed by atoms with Gasteiger partial charge in [0.05, 0.1) is 26.2 Å². The summed E-state index contributed by atoms with van der Waals surface area (Å²) in [6, 6.07) is 15.2. The molecule has 1 heterocycles. The van der Waals surface area contributed by atoms with Crippen LogP contribution in [0.4, 0.5) is 4.79 Å². The van der Waals surface area contributed by atoms with Gasteiger partial charge in [-0.25, -0.2) is 4.79 Å². The van der Waals surface area contributed by atoms with Crippen molar-refractivity contribution in [1.82, 2.24) is 9.80 Å². The van der Waals surface area contributed by atoms with Gasteiger partial charge in [0, 0.05) is 18.7 Å². The first-order valence-corrected chi connectivity index (χ1v) is 9.08. The van der Waals surface area contributed by atoms with Crippen molar-refractivity contribution in [3.63, 3.8) is 0 Å². The zero-order chi connectivity index (χ0) is 19.9. The van der Waals surface area contributed by atoms with Gasteiger partial charge in [-0.15, -0.1) is 0 Å². The van der Waals surface area contributed by atoms with E-state index in [1.807, 2.05) is 6.07 Å². The molecular weight excluding hydrogens is 360 g/mol. The van der Waals surface area contributed by atoms with E-state index in [4.69, 9.17) is 9.84 Å². The minimum absolute atomic E-state index is 0.0698. The average molecular weight is 382 g/mol. The number of carbonyl (C=O) groups is 3. The minimum atomic E-state index is -0.906. The second-order valence-corrected chi connectivity index (χ2v) is 6.53. The zero-order valence-corrected chi connectivity index (χ0v) is 15.4. The third-order valence-corrected chi connectivity index (χ3v) is 4.50. The Morgan fingerprint density at radius 1 is 0.929 bits per heavy atom. The average Bonchev–Trinajstić information content (AvgIpc) is 2.73. The van der Waals surface area contributed by atoms with Crippen LogP contribution in [0.5, 0.6) is 0 Å². The van der Waals surface area contributed by atoms with Gasteiger partial charge in [-0.2, -0.15) is 0 Å². The van der Waals surface area contributed by atoms with Crippen molar-refractivity contribution in [3.8, 4) is 0 Å². The first-order valence-electron chi connectivity index (χ1n) is 9.08. The Morgan fingerprint density at radius 3 is 2.14 bits per heavy atom. The van der Waals surface area contributed by atoms with Crippen molar-refractivity contribution in [2.24, 2.45) is 0 Å². The lowest BCUT2D eigenvalue weighted by atomic mass is 10.1. The van der Waals surface area contributed by atoms with Gasteiger partial charge >= 0.3 is 12.0 Å². The monoisotopic (exact) mass is 382 g/mol. The molecule has 146 valence electrons. The molecule has 2 aromatic rings. The number of aliphatic carboxylic acids is 1. The van der Waals surface area contributed by atoms with Crippen LogP contribution >= 0.6 is 0 Å². The van der Waals surface area contributed by atoms with Crippen LogP contribution in [0, 0.1) is 0 Å². The summed E-state index contributed by atoms with van der Waals surface area (Å²) >= 11 is 0. The molecule has 28 heavy (non-hydrogen) atoms. The SMILES string of the molecule is O=C(O)Cc1ccc(CN(C(=O)c2ccccc2)C(=O)N2CCOCC2)cc1. The molecule has 1 fully saturated rings. The Bertz CT molecular complexity index is 830. The van der Waals surface area contributed by atoms with Crippen molar-refractivity contribution >= 4 is 17.9 Å². The van der Waals surface area contributed by atoms with Crippen molar-refractivity contribution in [1.29, 1.82) is 0 Å². The number of morpholine rings is 1. The predicted octanol–water partition coefficient (Wildman–Crippen LogP) is 2.41. The van der Waals surface area contributed by atoms with E-state index in [1.165, 1.54) is 4.90 Å². The largest absolute Gasteiger partial charge is 0.481 e. The molecule has 0 aliphatic carbocycles. The molecule has 1 N–H and O–H groups in total. The van der Waals surface area contributed by atoms with E-state index in [0.29, 0.717) is 37.4 Å². The molecule has 1 aliphatic rings. The van der Waals surface area contributed by atoms with Crippen LogP contribution in [-0.4, -0.2) is 59.1 Å². The highest BCUT2D eigenvalue weighted by Gasteiger charge is 2.28. The normalized spacial score (nSPS) is 13.8. The molecule has 2 aromatic carbocycles. The second kappa shape index (κ2) is 9.14. The number of carbonyl (C=O) groups excluding carboxylic acids is 2. The summed E-state index contributed by atoms with van der Waals surface area (Å²) in [6.07, 6.45) is -0.0698. The van der Waals surface area contributed by atoms with Crippen LogP contribution in [-0.2, 0) is 22.5 Å². The van der Waals surface area contributed by atoms with Crippen LogP contribution in [0.3, 0.4) is 0 Å². The Balaban J connectivity index is 1.82. The summed E-state index contributed by atoms with van der Waals surface area (Å²) in [5, 5.41) is 8.88. The number of benzene rings is 2. The van der Waals surface area contributed by atoms with Crippen molar-refractivity contribution in [2.45, 2.75) is 13.0 Å². The van der Waals surface area contributed by atoms with E-state index in [2.05, 4.69) is 0 Å². The molecule has 7 nitrogen and oxygen atoms in total. The Hall–Kier alpha value is -3.19. The van der Waals surface area contributed by atoms with Crippen LogP contribution in [0.2, 0.25) is 0 Å². The topological polar surface area (TPSA) is 87.2 Å². The number of carboxylic acids is 1. The summed E-state index contributed by atoms with van der Waals surface area (Å²) in [4.78, 5) is 39.7. The fraction of sp³-hybridized carbons (Fsp3) is 0.286. The van der Waals surface area contributed by atoms with Gasteiger partial charge < -0.3 is 14.7 Å². The molecule has 0 aromatic heterocycles. The van der Waals surface area contributed by atoms with Crippen molar-refractivity contribution in [2.75, 3.05) is 26.3 Å². The third-order valence-electron chi connectivity index (χ3n) is 4.50. The number of hydrogen-bond acceptors (Lipinski definition) is 4. The molecule has 0 bridgehead atoms. The number of imide groups is 1. The highest BCUT2D eigenvalue weighted by atomic mass is 16.5. The van der Waals surface area contributed by atoms with Gasteiger partial charge in [-0.05, 0) is 23.3 Å². The van der Waals surface area contributed by atoms with Crippen LogP contribution in [0.15, 0.2) is 54.6 Å². The molecule has 3 amide bonds. The first-order chi connectivity index (χ1) is 13.5. The van der Waals surface area contributed by atoms with Gasteiger partial charge in [0.2, 0.25) is 0 Å². The predicted molar refractivity (Wildman–Crippen MR) is 102 cm³/mol. The van der Waals surface area contributed by atoms with E-state index in [1.54, 1.807) is 53.4 Å². The molecule has 0 radical (unpaired) electrons. The highest BCUT2D eigenvalue weighted by Crippen LogP contribution is 2.15. The molecule has 0 atom stereocenters. The fourth-order valence-corrected chi connectivity index (χ4v) is 3.01. The van der Waals surface area contributed by atoms with Crippen LogP contribution < -0.4 is 0 Å². The Morgan fingerprint density at radius 2 is 1.54 bits per heavy atom. The van der Waals surface area contributed by atoms with Crippen LogP contribution in [0.25, 0.3) is 0 Å². The minimum Gasteiger partial charge on any atom is -0.481 e. The van der Waals surface area contributed by atoms with Gasteiger partial charge in [0.15, 0.2) is 0 Å². The van der Waals surface area contributed by atoms with Gasteiger partial charge in [-0.3, -0.25) is 14.5 Å².